The van der Waals surface area contributed by atoms with Gasteiger partial charge in [0, 0.05) is 49.9 Å². The minimum Gasteiger partial charge on any atom is -0.353 e. The quantitative estimate of drug-likeness (QED) is 0.492. The van der Waals surface area contributed by atoms with Crippen LogP contribution in [-0.4, -0.2) is 77.1 Å². The van der Waals surface area contributed by atoms with Gasteiger partial charge in [-0.3, -0.25) is 9.69 Å². The fourth-order valence-electron chi connectivity index (χ4n) is 5.51. The third-order valence-corrected chi connectivity index (χ3v) is 8.79. The van der Waals surface area contributed by atoms with Crippen molar-refractivity contribution < 1.29 is 4.79 Å². The Balaban J connectivity index is 0.00000144. The number of hydrogen-bond donors (Lipinski definition) is 1. The number of benzene rings is 1. The second kappa shape index (κ2) is 13.9. The van der Waals surface area contributed by atoms with Crippen LogP contribution in [0.15, 0.2) is 34.9 Å². The third kappa shape index (κ3) is 6.89. The Labute approximate surface area is 239 Å². The fraction of sp³-hybridized carbons (Fsp3) is 0.583. The molecule has 0 spiro atoms. The number of amides is 1. The molecule has 196 valence electrons. The number of aromatic nitrogens is 1. The molecule has 3 fully saturated rings. The van der Waals surface area contributed by atoms with Crippen LogP contribution in [-0.2, 0) is 4.79 Å². The second-order valence-electron chi connectivity index (χ2n) is 9.25. The zero-order valence-electron chi connectivity index (χ0n) is 19.7. The summed E-state index contributed by atoms with van der Waals surface area (Å²) in [5.74, 6) is 3.45. The standard InChI is InChI=1S/C24H32BrN5OS.3ClH/c25-21-15-18-3-1-2-4-20(18)23(27-21)29-11-9-28(10-12-29)19-7-5-17(6-8-19)22(26)24(31)30-13-14-32-16-30;;;/h1-4,15,17,19,22H,5-14,16,26H2;3*1H. The molecule has 1 saturated carbocycles. The van der Waals surface area contributed by atoms with Crippen molar-refractivity contribution in [3.63, 3.8) is 0 Å². The van der Waals surface area contributed by atoms with Crippen LogP contribution < -0.4 is 10.6 Å². The lowest BCUT2D eigenvalue weighted by Crippen LogP contribution is -2.53. The summed E-state index contributed by atoms with van der Waals surface area (Å²) >= 11 is 5.41. The molecule has 2 aromatic rings. The van der Waals surface area contributed by atoms with Crippen LogP contribution in [0.25, 0.3) is 10.8 Å². The average Bonchev–Trinajstić information content (AvgIpc) is 3.38. The molecular formula is C24H35BrCl3N5OS. The Hall–Kier alpha value is -0.480. The van der Waals surface area contributed by atoms with Crippen LogP contribution in [0.4, 0.5) is 5.82 Å². The van der Waals surface area contributed by atoms with E-state index in [0.29, 0.717) is 12.0 Å². The lowest BCUT2D eigenvalue weighted by molar-refractivity contribution is -0.132. The van der Waals surface area contributed by atoms with E-state index in [9.17, 15) is 4.79 Å². The summed E-state index contributed by atoms with van der Waals surface area (Å²) in [5.41, 5.74) is 6.40. The molecular weight excluding hydrogens is 593 g/mol. The molecule has 2 N–H and O–H groups in total. The number of nitrogens with two attached hydrogens (primary N) is 1. The van der Waals surface area contributed by atoms with Gasteiger partial charge in [0.1, 0.15) is 10.4 Å². The van der Waals surface area contributed by atoms with E-state index in [1.807, 2.05) is 16.7 Å². The van der Waals surface area contributed by atoms with Gasteiger partial charge in [0.05, 0.1) is 11.9 Å². The van der Waals surface area contributed by atoms with Gasteiger partial charge in [-0.15, -0.1) is 49.0 Å². The minimum atomic E-state index is -0.317. The smallest absolute Gasteiger partial charge is 0.240 e. The van der Waals surface area contributed by atoms with Crippen molar-refractivity contribution in [1.82, 2.24) is 14.8 Å². The highest BCUT2D eigenvalue weighted by molar-refractivity contribution is 9.10. The van der Waals surface area contributed by atoms with Crippen LogP contribution in [0.3, 0.4) is 0 Å². The minimum absolute atomic E-state index is 0. The predicted octanol–water partition coefficient (Wildman–Crippen LogP) is 4.80. The molecule has 2 saturated heterocycles. The highest BCUT2D eigenvalue weighted by Gasteiger charge is 2.35. The van der Waals surface area contributed by atoms with Crippen molar-refractivity contribution in [3.8, 4) is 0 Å². The fourth-order valence-corrected chi connectivity index (χ4v) is 6.88. The first-order valence-electron chi connectivity index (χ1n) is 11.8. The molecule has 5 rings (SSSR count). The van der Waals surface area contributed by atoms with E-state index in [4.69, 9.17) is 10.7 Å². The third-order valence-electron chi connectivity index (χ3n) is 7.42. The van der Waals surface area contributed by atoms with Crippen LogP contribution in [0.1, 0.15) is 25.7 Å². The maximum Gasteiger partial charge on any atom is 0.240 e. The van der Waals surface area contributed by atoms with Gasteiger partial charge in [0.2, 0.25) is 5.91 Å². The topological polar surface area (TPSA) is 65.7 Å². The number of thioether (sulfide) groups is 1. The average molecular weight is 628 g/mol. The number of pyridine rings is 1. The predicted molar refractivity (Wildman–Crippen MR) is 158 cm³/mol. The summed E-state index contributed by atoms with van der Waals surface area (Å²) in [7, 11) is 0. The van der Waals surface area contributed by atoms with E-state index in [2.05, 4.69) is 56.1 Å². The van der Waals surface area contributed by atoms with Crippen molar-refractivity contribution in [2.75, 3.05) is 49.3 Å². The molecule has 11 heteroatoms. The molecule has 2 aliphatic heterocycles. The van der Waals surface area contributed by atoms with E-state index in [1.165, 1.54) is 10.8 Å². The van der Waals surface area contributed by atoms with Gasteiger partial charge >= 0.3 is 0 Å². The lowest BCUT2D eigenvalue weighted by atomic mass is 9.80. The first-order chi connectivity index (χ1) is 15.6. The molecule has 1 unspecified atom stereocenters. The summed E-state index contributed by atoms with van der Waals surface area (Å²) in [6.07, 6.45) is 4.43. The normalized spacial score (nSPS) is 23.7. The van der Waals surface area contributed by atoms with Gasteiger partial charge in [-0.05, 0) is 59.0 Å². The summed E-state index contributed by atoms with van der Waals surface area (Å²) < 4.78 is 0.894. The van der Waals surface area contributed by atoms with Crippen molar-refractivity contribution in [2.45, 2.75) is 37.8 Å². The number of anilines is 1. The number of nitrogens with zero attached hydrogens (tertiary/aromatic N) is 4. The van der Waals surface area contributed by atoms with Gasteiger partial charge in [-0.1, -0.05) is 24.3 Å². The first kappa shape index (κ1) is 30.7. The SMILES string of the molecule is Cl.Cl.Cl.NC(C(=O)N1CCSC1)C1CCC(N2CCN(c3nc(Br)cc4ccccc34)CC2)CC1. The number of hydrogen-bond acceptors (Lipinski definition) is 6. The molecule has 1 atom stereocenters. The molecule has 35 heavy (non-hydrogen) atoms. The molecule has 1 amide bonds. The highest BCUT2D eigenvalue weighted by atomic mass is 79.9. The lowest BCUT2D eigenvalue weighted by Gasteiger charge is -2.43. The maximum atomic E-state index is 12.7. The van der Waals surface area contributed by atoms with E-state index in [1.54, 1.807) is 0 Å². The van der Waals surface area contributed by atoms with E-state index < -0.39 is 0 Å². The summed E-state index contributed by atoms with van der Waals surface area (Å²) in [6, 6.07) is 10.9. The maximum absolute atomic E-state index is 12.7. The zero-order valence-corrected chi connectivity index (χ0v) is 24.5. The van der Waals surface area contributed by atoms with Crippen molar-refractivity contribution in [2.24, 2.45) is 11.7 Å². The zero-order chi connectivity index (χ0) is 22.1. The molecule has 0 radical (unpaired) electrons. The Morgan fingerprint density at radius 2 is 1.71 bits per heavy atom. The Bertz CT molecular complexity index is 967. The molecule has 1 aromatic carbocycles. The Kier molecular flexibility index (Phi) is 12.2. The van der Waals surface area contributed by atoms with Crippen LogP contribution in [0.2, 0.25) is 0 Å². The Morgan fingerprint density at radius 3 is 2.37 bits per heavy atom. The molecule has 1 aromatic heterocycles. The number of fused-ring (bicyclic) bond motifs is 1. The van der Waals surface area contributed by atoms with Crippen molar-refractivity contribution in [3.05, 3.63) is 34.9 Å². The Morgan fingerprint density at radius 1 is 1.03 bits per heavy atom. The number of halogens is 4. The highest BCUT2D eigenvalue weighted by Crippen LogP contribution is 2.33. The molecule has 3 aliphatic rings. The summed E-state index contributed by atoms with van der Waals surface area (Å²) in [5, 5.41) is 2.45. The summed E-state index contributed by atoms with van der Waals surface area (Å²) in [4.78, 5) is 24.5. The molecule has 6 nitrogen and oxygen atoms in total. The van der Waals surface area contributed by atoms with E-state index in [-0.39, 0.29) is 49.2 Å². The number of carbonyl (C=O) groups is 1. The molecule has 3 heterocycles. The summed E-state index contributed by atoms with van der Waals surface area (Å²) in [6.45, 7) is 4.98. The van der Waals surface area contributed by atoms with Gasteiger partial charge in [0.25, 0.3) is 0 Å². The second-order valence-corrected chi connectivity index (χ2v) is 11.1. The van der Waals surface area contributed by atoms with Crippen molar-refractivity contribution in [1.29, 1.82) is 0 Å². The number of carbonyl (C=O) groups excluding carboxylic acids is 1. The van der Waals surface area contributed by atoms with E-state index >= 15 is 0 Å². The van der Waals surface area contributed by atoms with Gasteiger partial charge in [0.15, 0.2) is 0 Å². The van der Waals surface area contributed by atoms with Crippen LogP contribution in [0.5, 0.6) is 0 Å². The van der Waals surface area contributed by atoms with Gasteiger partial charge in [-0.2, -0.15) is 0 Å². The first-order valence-corrected chi connectivity index (χ1v) is 13.7. The van der Waals surface area contributed by atoms with E-state index in [0.717, 1.165) is 80.5 Å². The van der Waals surface area contributed by atoms with Crippen LogP contribution >= 0.6 is 64.9 Å². The molecule has 0 bridgehead atoms. The van der Waals surface area contributed by atoms with Gasteiger partial charge < -0.3 is 15.5 Å². The monoisotopic (exact) mass is 625 g/mol. The largest absolute Gasteiger partial charge is 0.353 e. The number of piperazine rings is 1. The van der Waals surface area contributed by atoms with Gasteiger partial charge in [-0.25, -0.2) is 4.98 Å². The molecule has 1 aliphatic carbocycles. The number of rotatable bonds is 4. The van der Waals surface area contributed by atoms with Crippen LogP contribution in [0, 0.1) is 5.92 Å². The van der Waals surface area contributed by atoms with Crippen molar-refractivity contribution >= 4 is 87.4 Å².